The third kappa shape index (κ3) is 4.03. The van der Waals surface area contributed by atoms with E-state index in [1.54, 1.807) is 0 Å². The molecule has 2 atom stereocenters. The maximum Gasteiger partial charge on any atom is 0.389 e. The summed E-state index contributed by atoms with van der Waals surface area (Å²) in [7, 11) is 0. The fourth-order valence-electron chi connectivity index (χ4n) is 1.29. The lowest BCUT2D eigenvalue weighted by molar-refractivity contribution is -0.389. The third-order valence-corrected chi connectivity index (χ3v) is 2.18. The van der Waals surface area contributed by atoms with E-state index in [1.807, 2.05) is 0 Å². The van der Waals surface area contributed by atoms with Gasteiger partial charge in [-0.25, -0.2) is 4.79 Å². The number of nitrogens with zero attached hydrogens (tertiary/aromatic N) is 3. The number of carbonyl (C=O) groups excluding carboxylic acids is 1. The zero-order valence-electron chi connectivity index (χ0n) is 9.89. The molecule has 0 saturated heterocycles. The predicted octanol–water partition coefficient (Wildman–Crippen LogP) is -1.26. The Morgan fingerprint density at radius 2 is 2.26 bits per heavy atom. The highest BCUT2D eigenvalue weighted by atomic mass is 16.6. The summed E-state index contributed by atoms with van der Waals surface area (Å²) in [4.78, 5) is 31.9. The lowest BCUT2D eigenvalue weighted by Crippen LogP contribution is -2.48. The molecule has 0 saturated carbocycles. The molecule has 0 aliphatic heterocycles. The predicted molar refractivity (Wildman–Crippen MR) is 60.1 cm³/mol. The molecule has 1 rings (SSSR count). The average molecular weight is 272 g/mol. The van der Waals surface area contributed by atoms with Gasteiger partial charge in [-0.15, -0.1) is 0 Å². The fraction of sp³-hybridized carbons (Fsp3) is 0.444. The van der Waals surface area contributed by atoms with Gasteiger partial charge in [-0.3, -0.25) is 4.79 Å². The van der Waals surface area contributed by atoms with Gasteiger partial charge < -0.3 is 25.6 Å². The van der Waals surface area contributed by atoms with Crippen molar-refractivity contribution in [1.29, 1.82) is 0 Å². The van der Waals surface area contributed by atoms with Crippen LogP contribution in [0.5, 0.6) is 0 Å². The Morgan fingerprint density at radius 3 is 2.68 bits per heavy atom. The largest absolute Gasteiger partial charge is 0.480 e. The Balaban J connectivity index is 2.63. The molecule has 1 amide bonds. The second-order valence-electron chi connectivity index (χ2n) is 3.75. The minimum Gasteiger partial charge on any atom is -0.480 e. The highest BCUT2D eigenvalue weighted by Gasteiger charge is 2.25. The van der Waals surface area contributed by atoms with Crippen molar-refractivity contribution in [3.8, 4) is 0 Å². The van der Waals surface area contributed by atoms with Gasteiger partial charge in [-0.2, -0.15) is 4.68 Å². The molecule has 10 heteroatoms. The van der Waals surface area contributed by atoms with Crippen LogP contribution >= 0.6 is 0 Å². The van der Waals surface area contributed by atoms with Gasteiger partial charge in [-0.05, 0) is 11.8 Å². The van der Waals surface area contributed by atoms with Crippen LogP contribution in [0.1, 0.15) is 6.92 Å². The highest BCUT2D eigenvalue weighted by molar-refractivity contribution is 5.83. The molecule has 1 aromatic rings. The van der Waals surface area contributed by atoms with Crippen molar-refractivity contribution in [2.24, 2.45) is 0 Å². The maximum absolute atomic E-state index is 11.5. The first kappa shape index (κ1) is 14.6. The SMILES string of the molecule is C[C@@H](O)[C@H](NC(=O)Cn1ccc([N+](=O)[O-])n1)C(=O)O. The number of nitrogens with one attached hydrogen (secondary N) is 1. The van der Waals surface area contributed by atoms with Crippen molar-refractivity contribution in [3.05, 3.63) is 22.4 Å². The minimum atomic E-state index is -1.45. The van der Waals surface area contributed by atoms with Gasteiger partial charge in [0.2, 0.25) is 5.91 Å². The Bertz CT molecular complexity index is 497. The van der Waals surface area contributed by atoms with Crippen molar-refractivity contribution < 1.29 is 24.7 Å². The molecule has 0 spiro atoms. The molecule has 0 fully saturated rings. The highest BCUT2D eigenvalue weighted by Crippen LogP contribution is 2.05. The topological polar surface area (TPSA) is 148 Å². The van der Waals surface area contributed by atoms with Crippen LogP contribution in [0.2, 0.25) is 0 Å². The van der Waals surface area contributed by atoms with Crippen LogP contribution in [0, 0.1) is 10.1 Å². The molecule has 0 unspecified atom stereocenters. The molecule has 0 aliphatic carbocycles. The first-order valence-electron chi connectivity index (χ1n) is 5.19. The minimum absolute atomic E-state index is 0.385. The molecule has 10 nitrogen and oxygen atoms in total. The second-order valence-corrected chi connectivity index (χ2v) is 3.75. The number of carboxylic acid groups (broad SMARTS) is 1. The molecule has 3 N–H and O–H groups in total. The van der Waals surface area contributed by atoms with E-state index in [2.05, 4.69) is 10.4 Å². The lowest BCUT2D eigenvalue weighted by Gasteiger charge is -2.16. The number of carboxylic acids is 1. The van der Waals surface area contributed by atoms with Crippen LogP contribution in [-0.4, -0.2) is 48.9 Å². The van der Waals surface area contributed by atoms with Gasteiger partial charge >= 0.3 is 11.8 Å². The maximum atomic E-state index is 11.5. The molecule has 0 bridgehead atoms. The zero-order chi connectivity index (χ0) is 14.6. The number of aliphatic hydroxyl groups is 1. The normalized spacial score (nSPS) is 13.6. The van der Waals surface area contributed by atoms with Crippen LogP contribution < -0.4 is 5.32 Å². The van der Waals surface area contributed by atoms with Gasteiger partial charge in [0.15, 0.2) is 6.04 Å². The second kappa shape index (κ2) is 5.91. The van der Waals surface area contributed by atoms with E-state index in [9.17, 15) is 19.7 Å². The standard InChI is InChI=1S/C9H12N4O6/c1-5(14)8(9(16)17)10-7(15)4-12-3-2-6(11-12)13(18)19/h2-3,5,8,14H,4H2,1H3,(H,10,15)(H,16,17)/t5-,8+/m1/s1. The quantitative estimate of drug-likeness (QED) is 0.432. The summed E-state index contributed by atoms with van der Waals surface area (Å²) in [5, 5.41) is 33.9. The van der Waals surface area contributed by atoms with Gasteiger partial charge in [0, 0.05) is 0 Å². The van der Waals surface area contributed by atoms with Gasteiger partial charge in [0.25, 0.3) is 0 Å². The summed E-state index contributed by atoms with van der Waals surface area (Å²) in [6.45, 7) is 0.835. The number of hydrogen-bond acceptors (Lipinski definition) is 6. The van der Waals surface area contributed by atoms with Crippen LogP contribution in [0.4, 0.5) is 5.82 Å². The summed E-state index contributed by atoms with van der Waals surface area (Å²) < 4.78 is 0.994. The van der Waals surface area contributed by atoms with Crippen molar-refractivity contribution in [3.63, 3.8) is 0 Å². The summed E-state index contributed by atoms with van der Waals surface area (Å²) in [6, 6.07) is -0.338. The van der Waals surface area contributed by atoms with Gasteiger partial charge in [0.05, 0.1) is 23.5 Å². The number of aliphatic carboxylic acids is 1. The van der Waals surface area contributed by atoms with Crippen molar-refractivity contribution in [1.82, 2.24) is 15.1 Å². The van der Waals surface area contributed by atoms with Crippen LogP contribution in [0.15, 0.2) is 12.3 Å². The number of aromatic nitrogens is 2. The average Bonchev–Trinajstić information content (AvgIpc) is 2.73. The molecule has 1 heterocycles. The number of carbonyl (C=O) groups is 2. The van der Waals surface area contributed by atoms with Crippen LogP contribution in [0.25, 0.3) is 0 Å². The number of hydrogen-bond donors (Lipinski definition) is 3. The van der Waals surface area contributed by atoms with E-state index < -0.39 is 34.8 Å². The Hall–Kier alpha value is -2.49. The van der Waals surface area contributed by atoms with E-state index in [0.717, 1.165) is 10.7 Å². The van der Waals surface area contributed by atoms with Crippen LogP contribution in [0.3, 0.4) is 0 Å². The zero-order valence-corrected chi connectivity index (χ0v) is 9.89. The number of aliphatic hydroxyl groups excluding tert-OH is 1. The van der Waals surface area contributed by atoms with Crippen molar-refractivity contribution in [2.75, 3.05) is 0 Å². The number of rotatable bonds is 6. The van der Waals surface area contributed by atoms with Crippen molar-refractivity contribution in [2.45, 2.75) is 25.6 Å². The van der Waals surface area contributed by atoms with Crippen molar-refractivity contribution >= 4 is 17.7 Å². The molecule has 0 aromatic carbocycles. The smallest absolute Gasteiger partial charge is 0.389 e. The molecular weight excluding hydrogens is 260 g/mol. The van der Waals surface area contributed by atoms with E-state index in [0.29, 0.717) is 0 Å². The Labute approximate surface area is 106 Å². The molecule has 19 heavy (non-hydrogen) atoms. The summed E-state index contributed by atoms with van der Waals surface area (Å²) in [5.74, 6) is -2.53. The van der Waals surface area contributed by atoms with E-state index >= 15 is 0 Å². The van der Waals surface area contributed by atoms with Gasteiger partial charge in [0.1, 0.15) is 6.54 Å². The third-order valence-electron chi connectivity index (χ3n) is 2.18. The van der Waals surface area contributed by atoms with Crippen LogP contribution in [-0.2, 0) is 16.1 Å². The molecule has 0 radical (unpaired) electrons. The first-order valence-corrected chi connectivity index (χ1v) is 5.19. The Morgan fingerprint density at radius 1 is 1.63 bits per heavy atom. The van der Waals surface area contributed by atoms with E-state index in [4.69, 9.17) is 10.2 Å². The summed E-state index contributed by atoms with van der Waals surface area (Å²) >= 11 is 0. The fourth-order valence-corrected chi connectivity index (χ4v) is 1.29. The summed E-state index contributed by atoms with van der Waals surface area (Å²) in [6.07, 6.45) is -0.0519. The summed E-state index contributed by atoms with van der Waals surface area (Å²) in [5.41, 5.74) is 0. The van der Waals surface area contributed by atoms with E-state index in [1.165, 1.54) is 13.1 Å². The molecule has 1 aromatic heterocycles. The lowest BCUT2D eigenvalue weighted by atomic mass is 10.2. The Kier molecular flexibility index (Phi) is 4.53. The molecule has 0 aliphatic rings. The van der Waals surface area contributed by atoms with Gasteiger partial charge in [-0.1, -0.05) is 0 Å². The van der Waals surface area contributed by atoms with E-state index in [-0.39, 0.29) is 6.54 Å². The number of amides is 1. The number of nitro groups is 1. The molecular formula is C9H12N4O6. The first-order chi connectivity index (χ1) is 8.81. The molecule has 104 valence electrons. The monoisotopic (exact) mass is 272 g/mol.